The van der Waals surface area contributed by atoms with Crippen LogP contribution in [0.5, 0.6) is 5.75 Å². The summed E-state index contributed by atoms with van der Waals surface area (Å²) in [6.07, 6.45) is 2.01. The van der Waals surface area contributed by atoms with Gasteiger partial charge >= 0.3 is 5.97 Å². The number of aromatic carboxylic acids is 1. The van der Waals surface area contributed by atoms with Gasteiger partial charge in [0.1, 0.15) is 5.75 Å². The molecule has 1 heterocycles. The average Bonchev–Trinajstić information content (AvgIpc) is 2.37. The van der Waals surface area contributed by atoms with Crippen molar-refractivity contribution in [2.45, 2.75) is 12.8 Å². The SMILES string of the molecule is Nc1cc(OCC2CCOCC2)ccc1C(=O)O. The van der Waals surface area contributed by atoms with E-state index in [1.54, 1.807) is 12.1 Å². The molecule has 18 heavy (non-hydrogen) atoms. The number of carbonyl (C=O) groups is 1. The first-order valence-electron chi connectivity index (χ1n) is 6.00. The lowest BCUT2D eigenvalue weighted by Crippen LogP contribution is -2.21. The van der Waals surface area contributed by atoms with Gasteiger partial charge in [-0.1, -0.05) is 0 Å². The maximum atomic E-state index is 10.8. The Morgan fingerprint density at radius 3 is 2.78 bits per heavy atom. The van der Waals surface area contributed by atoms with Crippen LogP contribution in [0.25, 0.3) is 0 Å². The Kier molecular flexibility index (Phi) is 4.04. The van der Waals surface area contributed by atoms with E-state index in [1.807, 2.05) is 0 Å². The van der Waals surface area contributed by atoms with Crippen molar-refractivity contribution >= 4 is 11.7 Å². The van der Waals surface area contributed by atoms with Gasteiger partial charge in [0.2, 0.25) is 0 Å². The molecule has 0 atom stereocenters. The van der Waals surface area contributed by atoms with Gasteiger partial charge < -0.3 is 20.3 Å². The zero-order valence-corrected chi connectivity index (χ0v) is 10.1. The minimum Gasteiger partial charge on any atom is -0.493 e. The molecule has 1 aromatic carbocycles. The molecule has 1 aliphatic heterocycles. The number of carboxylic acid groups (broad SMARTS) is 1. The van der Waals surface area contributed by atoms with Crippen LogP contribution in [-0.2, 0) is 4.74 Å². The number of ether oxygens (including phenoxy) is 2. The number of nitrogen functional groups attached to an aromatic ring is 1. The van der Waals surface area contributed by atoms with Crippen molar-refractivity contribution < 1.29 is 19.4 Å². The van der Waals surface area contributed by atoms with Gasteiger partial charge in [0, 0.05) is 25.0 Å². The molecule has 0 aromatic heterocycles. The lowest BCUT2D eigenvalue weighted by molar-refractivity contribution is 0.0497. The molecule has 0 spiro atoms. The van der Waals surface area contributed by atoms with E-state index in [9.17, 15) is 4.79 Å². The summed E-state index contributed by atoms with van der Waals surface area (Å²) in [4.78, 5) is 10.8. The average molecular weight is 251 g/mol. The smallest absolute Gasteiger partial charge is 0.337 e. The van der Waals surface area contributed by atoms with Gasteiger partial charge in [0.15, 0.2) is 0 Å². The number of carboxylic acids is 1. The molecule has 3 N–H and O–H groups in total. The number of anilines is 1. The molecule has 98 valence electrons. The number of rotatable bonds is 4. The van der Waals surface area contributed by atoms with Crippen molar-refractivity contribution in [2.24, 2.45) is 5.92 Å². The summed E-state index contributed by atoms with van der Waals surface area (Å²) >= 11 is 0. The van der Waals surface area contributed by atoms with E-state index >= 15 is 0 Å². The maximum Gasteiger partial charge on any atom is 0.337 e. The minimum atomic E-state index is -1.02. The van der Waals surface area contributed by atoms with E-state index in [1.165, 1.54) is 6.07 Å². The summed E-state index contributed by atoms with van der Waals surface area (Å²) in [6, 6.07) is 4.67. The van der Waals surface area contributed by atoms with Crippen molar-refractivity contribution in [3.63, 3.8) is 0 Å². The highest BCUT2D eigenvalue weighted by molar-refractivity contribution is 5.93. The summed E-state index contributed by atoms with van der Waals surface area (Å²) in [7, 11) is 0. The van der Waals surface area contributed by atoms with Crippen molar-refractivity contribution in [2.75, 3.05) is 25.6 Å². The van der Waals surface area contributed by atoms with E-state index < -0.39 is 5.97 Å². The fraction of sp³-hybridized carbons (Fsp3) is 0.462. The largest absolute Gasteiger partial charge is 0.493 e. The summed E-state index contributed by atoms with van der Waals surface area (Å²) in [6.45, 7) is 2.19. The van der Waals surface area contributed by atoms with Crippen molar-refractivity contribution in [1.82, 2.24) is 0 Å². The maximum absolute atomic E-state index is 10.8. The molecule has 1 aliphatic rings. The number of benzene rings is 1. The van der Waals surface area contributed by atoms with Crippen LogP contribution >= 0.6 is 0 Å². The quantitative estimate of drug-likeness (QED) is 0.797. The topological polar surface area (TPSA) is 81.8 Å². The van der Waals surface area contributed by atoms with Gasteiger partial charge in [0.25, 0.3) is 0 Å². The summed E-state index contributed by atoms with van der Waals surface area (Å²) in [5.74, 6) is 0.0894. The van der Waals surface area contributed by atoms with E-state index in [2.05, 4.69) is 0 Å². The second-order valence-corrected chi connectivity index (χ2v) is 4.42. The van der Waals surface area contributed by atoms with Crippen LogP contribution in [0.3, 0.4) is 0 Å². The van der Waals surface area contributed by atoms with E-state index in [0.717, 1.165) is 26.1 Å². The van der Waals surface area contributed by atoms with E-state index in [0.29, 0.717) is 18.3 Å². The van der Waals surface area contributed by atoms with Gasteiger partial charge in [0.05, 0.1) is 12.2 Å². The van der Waals surface area contributed by atoms with Gasteiger partial charge in [-0.2, -0.15) is 0 Å². The summed E-state index contributed by atoms with van der Waals surface area (Å²) in [5.41, 5.74) is 5.98. The third kappa shape index (κ3) is 3.13. The van der Waals surface area contributed by atoms with Crippen LogP contribution in [0.1, 0.15) is 23.2 Å². The molecule has 1 fully saturated rings. The number of hydrogen-bond donors (Lipinski definition) is 2. The molecule has 5 nitrogen and oxygen atoms in total. The predicted octanol–water partition coefficient (Wildman–Crippen LogP) is 1.77. The highest BCUT2D eigenvalue weighted by atomic mass is 16.5. The molecule has 1 saturated heterocycles. The normalized spacial score (nSPS) is 16.4. The third-order valence-corrected chi connectivity index (χ3v) is 3.08. The van der Waals surface area contributed by atoms with Crippen molar-refractivity contribution in [1.29, 1.82) is 0 Å². The van der Waals surface area contributed by atoms with E-state index in [-0.39, 0.29) is 11.3 Å². The highest BCUT2D eigenvalue weighted by Gasteiger charge is 2.15. The van der Waals surface area contributed by atoms with Gasteiger partial charge in [-0.15, -0.1) is 0 Å². The second kappa shape index (κ2) is 5.73. The first-order valence-corrected chi connectivity index (χ1v) is 6.00. The lowest BCUT2D eigenvalue weighted by Gasteiger charge is -2.22. The van der Waals surface area contributed by atoms with Crippen molar-refractivity contribution in [3.05, 3.63) is 23.8 Å². The molecular formula is C13H17NO4. The zero-order valence-electron chi connectivity index (χ0n) is 10.1. The molecule has 0 bridgehead atoms. The van der Waals surface area contributed by atoms with Crippen LogP contribution in [-0.4, -0.2) is 30.9 Å². The predicted molar refractivity (Wildman–Crippen MR) is 66.9 cm³/mol. The van der Waals surface area contributed by atoms with E-state index in [4.69, 9.17) is 20.3 Å². The first-order chi connectivity index (χ1) is 8.66. The van der Waals surface area contributed by atoms with Crippen LogP contribution in [0.2, 0.25) is 0 Å². The minimum absolute atomic E-state index is 0.105. The Morgan fingerprint density at radius 2 is 2.17 bits per heavy atom. The lowest BCUT2D eigenvalue weighted by atomic mass is 10.0. The van der Waals surface area contributed by atoms with Crippen molar-refractivity contribution in [3.8, 4) is 5.75 Å². The number of nitrogens with two attached hydrogens (primary N) is 1. The molecule has 1 aromatic rings. The van der Waals surface area contributed by atoms with Crippen LogP contribution < -0.4 is 10.5 Å². The molecule has 0 unspecified atom stereocenters. The third-order valence-electron chi connectivity index (χ3n) is 3.08. The Labute approximate surface area is 106 Å². The number of hydrogen-bond acceptors (Lipinski definition) is 4. The first kappa shape index (κ1) is 12.7. The van der Waals surface area contributed by atoms with Gasteiger partial charge in [-0.05, 0) is 30.9 Å². The molecule has 0 radical (unpaired) electrons. The second-order valence-electron chi connectivity index (χ2n) is 4.42. The standard InChI is InChI=1S/C13H17NO4/c14-12-7-10(1-2-11(12)13(15)16)18-8-9-3-5-17-6-4-9/h1-2,7,9H,3-6,8,14H2,(H,15,16). The molecule has 5 heteroatoms. The van der Waals surface area contributed by atoms with Crippen LogP contribution in [0.4, 0.5) is 5.69 Å². The Balaban J connectivity index is 1.93. The van der Waals surface area contributed by atoms with Gasteiger partial charge in [-0.3, -0.25) is 0 Å². The van der Waals surface area contributed by atoms with Crippen LogP contribution in [0.15, 0.2) is 18.2 Å². The monoisotopic (exact) mass is 251 g/mol. The molecule has 0 amide bonds. The Morgan fingerprint density at radius 1 is 1.44 bits per heavy atom. The van der Waals surface area contributed by atoms with Crippen LogP contribution in [0, 0.1) is 5.92 Å². The Bertz CT molecular complexity index is 427. The fourth-order valence-corrected chi connectivity index (χ4v) is 1.95. The molecule has 0 saturated carbocycles. The molecule has 2 rings (SSSR count). The summed E-state index contributed by atoms with van der Waals surface area (Å²) < 4.78 is 10.9. The highest BCUT2D eigenvalue weighted by Crippen LogP contribution is 2.22. The van der Waals surface area contributed by atoms with Gasteiger partial charge in [-0.25, -0.2) is 4.79 Å². The Hall–Kier alpha value is -1.75. The summed E-state index contributed by atoms with van der Waals surface area (Å²) in [5, 5.41) is 8.86. The molecule has 0 aliphatic carbocycles. The fourth-order valence-electron chi connectivity index (χ4n) is 1.95. The molecular weight excluding hydrogens is 234 g/mol. The zero-order chi connectivity index (χ0) is 13.0.